The van der Waals surface area contributed by atoms with Crippen molar-refractivity contribution < 1.29 is 8.42 Å². The molecule has 1 aromatic rings. The maximum Gasteiger partial charge on any atom is 0.242 e. The highest BCUT2D eigenvalue weighted by Crippen LogP contribution is 2.17. The SMILES string of the molecule is CCCC(C)NS(=O)(=O)c1ccccc1N. The molecule has 5 heteroatoms. The molecule has 0 amide bonds. The number of nitrogens with two attached hydrogens (primary N) is 1. The van der Waals surface area contributed by atoms with E-state index < -0.39 is 10.0 Å². The van der Waals surface area contributed by atoms with Crippen molar-refractivity contribution >= 4 is 15.7 Å². The Morgan fingerprint density at radius 2 is 2.00 bits per heavy atom. The van der Waals surface area contributed by atoms with Crippen molar-refractivity contribution in [1.82, 2.24) is 4.72 Å². The van der Waals surface area contributed by atoms with E-state index >= 15 is 0 Å². The van der Waals surface area contributed by atoms with E-state index in [-0.39, 0.29) is 16.6 Å². The molecule has 0 heterocycles. The molecule has 0 radical (unpaired) electrons. The fourth-order valence-electron chi connectivity index (χ4n) is 1.55. The Labute approximate surface area is 96.9 Å². The maximum atomic E-state index is 11.9. The monoisotopic (exact) mass is 242 g/mol. The molecule has 90 valence electrons. The molecular weight excluding hydrogens is 224 g/mol. The summed E-state index contributed by atoms with van der Waals surface area (Å²) in [5.41, 5.74) is 5.91. The Hall–Kier alpha value is -1.07. The summed E-state index contributed by atoms with van der Waals surface area (Å²) >= 11 is 0. The van der Waals surface area contributed by atoms with Crippen molar-refractivity contribution in [2.24, 2.45) is 0 Å². The van der Waals surface area contributed by atoms with Gasteiger partial charge in [0.2, 0.25) is 10.0 Å². The first-order chi connectivity index (χ1) is 7.47. The third-order valence-corrected chi connectivity index (χ3v) is 3.95. The second-order valence-corrected chi connectivity index (χ2v) is 5.53. The van der Waals surface area contributed by atoms with Crippen LogP contribution in [0.4, 0.5) is 5.69 Å². The Morgan fingerprint density at radius 1 is 1.38 bits per heavy atom. The Bertz CT molecular complexity index is 443. The summed E-state index contributed by atoms with van der Waals surface area (Å²) < 4.78 is 26.5. The van der Waals surface area contributed by atoms with Gasteiger partial charge in [0.25, 0.3) is 0 Å². The van der Waals surface area contributed by atoms with E-state index in [2.05, 4.69) is 4.72 Å². The van der Waals surface area contributed by atoms with E-state index in [9.17, 15) is 8.42 Å². The summed E-state index contributed by atoms with van der Waals surface area (Å²) in [6, 6.07) is 6.39. The molecular formula is C11H18N2O2S. The Balaban J connectivity index is 2.91. The fraction of sp³-hybridized carbons (Fsp3) is 0.455. The molecule has 16 heavy (non-hydrogen) atoms. The summed E-state index contributed by atoms with van der Waals surface area (Å²) in [7, 11) is -3.49. The fourth-order valence-corrected chi connectivity index (χ4v) is 2.96. The summed E-state index contributed by atoms with van der Waals surface area (Å²) in [5, 5.41) is 0. The van der Waals surface area contributed by atoms with Crippen LogP contribution < -0.4 is 10.5 Å². The largest absolute Gasteiger partial charge is 0.398 e. The van der Waals surface area contributed by atoms with Gasteiger partial charge in [0.1, 0.15) is 4.90 Å². The molecule has 0 aliphatic rings. The van der Waals surface area contributed by atoms with Crippen molar-refractivity contribution in [3.8, 4) is 0 Å². The first-order valence-electron chi connectivity index (χ1n) is 5.34. The number of hydrogen-bond acceptors (Lipinski definition) is 3. The van der Waals surface area contributed by atoms with Crippen LogP contribution in [0.5, 0.6) is 0 Å². The van der Waals surface area contributed by atoms with Crippen molar-refractivity contribution in [1.29, 1.82) is 0 Å². The molecule has 0 aromatic heterocycles. The molecule has 0 spiro atoms. The third kappa shape index (κ3) is 3.21. The van der Waals surface area contributed by atoms with Crippen molar-refractivity contribution in [2.45, 2.75) is 37.6 Å². The van der Waals surface area contributed by atoms with Gasteiger partial charge < -0.3 is 5.73 Å². The van der Waals surface area contributed by atoms with Crippen LogP contribution in [-0.4, -0.2) is 14.5 Å². The van der Waals surface area contributed by atoms with Crippen LogP contribution in [0.25, 0.3) is 0 Å². The van der Waals surface area contributed by atoms with Gasteiger partial charge in [-0.1, -0.05) is 25.5 Å². The van der Waals surface area contributed by atoms with E-state index in [4.69, 9.17) is 5.73 Å². The molecule has 0 aliphatic heterocycles. The highest BCUT2D eigenvalue weighted by Gasteiger charge is 2.18. The lowest BCUT2D eigenvalue weighted by atomic mass is 10.2. The van der Waals surface area contributed by atoms with Crippen LogP contribution in [0.3, 0.4) is 0 Å². The lowest BCUT2D eigenvalue weighted by molar-refractivity contribution is 0.544. The van der Waals surface area contributed by atoms with E-state index in [1.165, 1.54) is 6.07 Å². The number of benzene rings is 1. The van der Waals surface area contributed by atoms with Crippen LogP contribution in [0.1, 0.15) is 26.7 Å². The van der Waals surface area contributed by atoms with Gasteiger partial charge in [0, 0.05) is 6.04 Å². The molecule has 1 aromatic carbocycles. The number of hydrogen-bond donors (Lipinski definition) is 2. The van der Waals surface area contributed by atoms with E-state index in [0.717, 1.165) is 12.8 Å². The normalized spacial score (nSPS) is 13.6. The summed E-state index contributed by atoms with van der Waals surface area (Å²) in [4.78, 5) is 0.151. The number of nitrogens with one attached hydrogen (secondary N) is 1. The Kier molecular flexibility index (Phi) is 4.32. The van der Waals surface area contributed by atoms with Gasteiger partial charge in [-0.3, -0.25) is 0 Å². The van der Waals surface area contributed by atoms with Gasteiger partial charge in [-0.05, 0) is 25.5 Å². The molecule has 4 nitrogen and oxygen atoms in total. The van der Waals surface area contributed by atoms with Crippen LogP contribution in [0.2, 0.25) is 0 Å². The molecule has 3 N–H and O–H groups in total. The second-order valence-electron chi connectivity index (χ2n) is 3.85. The maximum absolute atomic E-state index is 11.9. The zero-order valence-electron chi connectivity index (χ0n) is 9.60. The minimum absolute atomic E-state index is 0.0744. The van der Waals surface area contributed by atoms with Gasteiger partial charge in [0.05, 0.1) is 5.69 Å². The first kappa shape index (κ1) is 13.0. The van der Waals surface area contributed by atoms with Gasteiger partial charge in [-0.25, -0.2) is 13.1 Å². The molecule has 0 saturated heterocycles. The van der Waals surface area contributed by atoms with Gasteiger partial charge in [-0.2, -0.15) is 0 Å². The zero-order valence-corrected chi connectivity index (χ0v) is 10.4. The van der Waals surface area contributed by atoms with Crippen molar-refractivity contribution in [3.05, 3.63) is 24.3 Å². The predicted octanol–water partition coefficient (Wildman–Crippen LogP) is 1.74. The second kappa shape index (κ2) is 5.32. The van der Waals surface area contributed by atoms with Crippen molar-refractivity contribution in [3.63, 3.8) is 0 Å². The molecule has 1 rings (SSSR count). The molecule has 1 atom stereocenters. The lowest BCUT2D eigenvalue weighted by Crippen LogP contribution is -2.32. The average Bonchev–Trinajstić information content (AvgIpc) is 2.17. The molecule has 0 aliphatic carbocycles. The number of rotatable bonds is 5. The first-order valence-corrected chi connectivity index (χ1v) is 6.82. The number of para-hydroxylation sites is 1. The third-order valence-electron chi connectivity index (χ3n) is 2.29. The molecule has 0 fully saturated rings. The highest BCUT2D eigenvalue weighted by atomic mass is 32.2. The van der Waals surface area contributed by atoms with Crippen LogP contribution >= 0.6 is 0 Å². The summed E-state index contributed by atoms with van der Waals surface area (Å²) in [6.07, 6.45) is 1.75. The summed E-state index contributed by atoms with van der Waals surface area (Å²) in [6.45, 7) is 3.86. The van der Waals surface area contributed by atoms with Crippen LogP contribution in [0, 0.1) is 0 Å². The topological polar surface area (TPSA) is 72.2 Å². The number of nitrogen functional groups attached to an aromatic ring is 1. The van der Waals surface area contributed by atoms with Gasteiger partial charge in [0.15, 0.2) is 0 Å². The van der Waals surface area contributed by atoms with E-state index in [1.807, 2.05) is 13.8 Å². The van der Waals surface area contributed by atoms with Gasteiger partial charge in [-0.15, -0.1) is 0 Å². The van der Waals surface area contributed by atoms with E-state index in [0.29, 0.717) is 0 Å². The van der Waals surface area contributed by atoms with Crippen molar-refractivity contribution in [2.75, 3.05) is 5.73 Å². The highest BCUT2D eigenvalue weighted by molar-refractivity contribution is 7.89. The minimum atomic E-state index is -3.49. The molecule has 0 saturated carbocycles. The van der Waals surface area contributed by atoms with Crippen LogP contribution in [-0.2, 0) is 10.0 Å². The Morgan fingerprint density at radius 3 is 2.56 bits per heavy atom. The number of anilines is 1. The molecule has 1 unspecified atom stereocenters. The number of sulfonamides is 1. The minimum Gasteiger partial charge on any atom is -0.398 e. The molecule has 0 bridgehead atoms. The standard InChI is InChI=1S/C11H18N2O2S/c1-3-6-9(2)13-16(14,15)11-8-5-4-7-10(11)12/h4-5,7-9,13H,3,6,12H2,1-2H3. The lowest BCUT2D eigenvalue weighted by Gasteiger charge is -2.14. The summed E-state index contributed by atoms with van der Waals surface area (Å²) in [5.74, 6) is 0. The average molecular weight is 242 g/mol. The van der Waals surface area contributed by atoms with Crippen LogP contribution in [0.15, 0.2) is 29.2 Å². The van der Waals surface area contributed by atoms with Gasteiger partial charge >= 0.3 is 0 Å². The predicted molar refractivity (Wildman–Crippen MR) is 65.5 cm³/mol. The zero-order chi connectivity index (χ0) is 12.2. The smallest absolute Gasteiger partial charge is 0.242 e. The quantitative estimate of drug-likeness (QED) is 0.772. The van der Waals surface area contributed by atoms with E-state index in [1.54, 1.807) is 18.2 Å².